The van der Waals surface area contributed by atoms with Crippen LogP contribution in [0.4, 0.5) is 4.39 Å². The zero-order chi connectivity index (χ0) is 14.0. The summed E-state index contributed by atoms with van der Waals surface area (Å²) in [5, 5.41) is 8.68. The van der Waals surface area contributed by atoms with Crippen molar-refractivity contribution in [1.29, 1.82) is 0 Å². The fraction of sp³-hybridized carbons (Fsp3) is 0. The molecule has 0 saturated heterocycles. The normalized spacial score (nSPS) is 10.3. The van der Waals surface area contributed by atoms with E-state index in [0.717, 1.165) is 12.1 Å². The number of aromatic nitrogens is 1. The van der Waals surface area contributed by atoms with Gasteiger partial charge in [0.15, 0.2) is 11.6 Å². The van der Waals surface area contributed by atoms with Gasteiger partial charge in [0.05, 0.1) is 10.6 Å². The van der Waals surface area contributed by atoms with E-state index in [2.05, 4.69) is 4.98 Å². The van der Waals surface area contributed by atoms with E-state index in [1.807, 2.05) is 0 Å². The van der Waals surface area contributed by atoms with Gasteiger partial charge in [-0.15, -0.1) is 0 Å². The van der Waals surface area contributed by atoms with Crippen LogP contribution in [0.25, 0.3) is 0 Å². The molecule has 0 radical (unpaired) electrons. The molecule has 1 heterocycles. The Balaban J connectivity index is 2.38. The summed E-state index contributed by atoms with van der Waals surface area (Å²) in [4.78, 5) is 14.6. The molecular formula is C12H6Cl2FNO3. The molecule has 0 amide bonds. The minimum Gasteiger partial charge on any atom is -0.478 e. The van der Waals surface area contributed by atoms with E-state index in [0.29, 0.717) is 0 Å². The van der Waals surface area contributed by atoms with E-state index in [4.69, 9.17) is 33.0 Å². The van der Waals surface area contributed by atoms with Crippen LogP contribution in [0, 0.1) is 5.82 Å². The number of carbonyl (C=O) groups is 1. The van der Waals surface area contributed by atoms with Crippen molar-refractivity contribution in [3.8, 4) is 11.6 Å². The fourth-order valence-electron chi connectivity index (χ4n) is 1.32. The van der Waals surface area contributed by atoms with Crippen LogP contribution in [0.15, 0.2) is 30.3 Å². The minimum absolute atomic E-state index is 0.0719. The highest BCUT2D eigenvalue weighted by Gasteiger charge is 2.12. The second-order valence-corrected chi connectivity index (χ2v) is 4.27. The summed E-state index contributed by atoms with van der Waals surface area (Å²) in [6.45, 7) is 0. The van der Waals surface area contributed by atoms with Gasteiger partial charge >= 0.3 is 5.97 Å². The second-order valence-electron chi connectivity index (χ2n) is 3.48. The third kappa shape index (κ3) is 3.13. The second kappa shape index (κ2) is 5.42. The maximum Gasteiger partial charge on any atom is 0.335 e. The Hall–Kier alpha value is -1.85. The monoisotopic (exact) mass is 301 g/mol. The molecule has 0 unspecified atom stereocenters. The lowest BCUT2D eigenvalue weighted by Crippen LogP contribution is -1.99. The summed E-state index contributed by atoms with van der Waals surface area (Å²) in [6.07, 6.45) is 0. The number of aromatic carboxylic acids is 1. The van der Waals surface area contributed by atoms with Gasteiger partial charge in [0, 0.05) is 6.07 Å². The first-order chi connectivity index (χ1) is 8.97. The first-order valence-corrected chi connectivity index (χ1v) is 5.75. The van der Waals surface area contributed by atoms with Crippen molar-refractivity contribution >= 4 is 29.2 Å². The Morgan fingerprint density at radius 3 is 2.74 bits per heavy atom. The van der Waals surface area contributed by atoms with Crippen LogP contribution in [-0.2, 0) is 0 Å². The number of halogens is 3. The van der Waals surface area contributed by atoms with Crippen LogP contribution >= 0.6 is 23.2 Å². The molecule has 1 aromatic carbocycles. The lowest BCUT2D eigenvalue weighted by molar-refractivity contribution is 0.0696. The Bertz CT molecular complexity index is 649. The van der Waals surface area contributed by atoms with E-state index in [1.54, 1.807) is 0 Å². The molecule has 2 aromatic rings. The number of hydrogen-bond acceptors (Lipinski definition) is 3. The highest BCUT2D eigenvalue weighted by molar-refractivity contribution is 6.31. The summed E-state index contributed by atoms with van der Waals surface area (Å²) < 4.78 is 18.8. The number of carboxylic acid groups (broad SMARTS) is 1. The van der Waals surface area contributed by atoms with E-state index in [9.17, 15) is 9.18 Å². The highest BCUT2D eigenvalue weighted by atomic mass is 35.5. The molecule has 4 nitrogen and oxygen atoms in total. The van der Waals surface area contributed by atoms with Gasteiger partial charge in [-0.1, -0.05) is 29.3 Å². The summed E-state index contributed by atoms with van der Waals surface area (Å²) in [5.74, 6) is -2.26. The van der Waals surface area contributed by atoms with Crippen LogP contribution in [0.2, 0.25) is 10.2 Å². The largest absolute Gasteiger partial charge is 0.478 e. The van der Waals surface area contributed by atoms with Gasteiger partial charge in [-0.25, -0.2) is 14.2 Å². The smallest absolute Gasteiger partial charge is 0.335 e. The van der Waals surface area contributed by atoms with Gasteiger partial charge in [-0.2, -0.15) is 0 Å². The molecule has 0 spiro atoms. The zero-order valence-electron chi connectivity index (χ0n) is 9.23. The van der Waals surface area contributed by atoms with Crippen molar-refractivity contribution in [2.45, 2.75) is 0 Å². The van der Waals surface area contributed by atoms with Crippen molar-refractivity contribution in [1.82, 2.24) is 4.98 Å². The Kier molecular flexibility index (Phi) is 3.87. The number of pyridine rings is 1. The molecule has 0 saturated carbocycles. The Morgan fingerprint density at radius 2 is 2.05 bits per heavy atom. The van der Waals surface area contributed by atoms with Gasteiger partial charge in [-0.05, 0) is 18.2 Å². The van der Waals surface area contributed by atoms with Crippen LogP contribution < -0.4 is 4.74 Å². The molecular weight excluding hydrogens is 296 g/mol. The minimum atomic E-state index is -1.19. The van der Waals surface area contributed by atoms with Gasteiger partial charge in [-0.3, -0.25) is 0 Å². The Morgan fingerprint density at radius 1 is 1.32 bits per heavy atom. The standard InChI is InChI=1S/C12H6Cl2FNO3/c13-7-2-1-3-8(11(7)15)19-10-5-6(12(17)18)4-9(14)16-10/h1-5H,(H,17,18). The number of nitrogens with zero attached hydrogens (tertiary/aromatic N) is 1. The molecule has 0 aliphatic heterocycles. The molecule has 0 atom stereocenters. The third-order valence-electron chi connectivity index (χ3n) is 2.15. The summed E-state index contributed by atoms with van der Waals surface area (Å²) in [7, 11) is 0. The molecule has 0 aliphatic rings. The van der Waals surface area contributed by atoms with Crippen LogP contribution in [0.1, 0.15) is 10.4 Å². The number of hydrogen-bond donors (Lipinski definition) is 1. The van der Waals surface area contributed by atoms with Crippen LogP contribution in [-0.4, -0.2) is 16.1 Å². The summed E-state index contributed by atoms with van der Waals surface area (Å²) in [5.41, 5.74) is -0.113. The highest BCUT2D eigenvalue weighted by Crippen LogP contribution is 2.29. The quantitative estimate of drug-likeness (QED) is 0.870. The predicted molar refractivity (Wildman–Crippen MR) is 67.7 cm³/mol. The molecule has 1 N–H and O–H groups in total. The topological polar surface area (TPSA) is 59.4 Å². The van der Waals surface area contributed by atoms with Crippen LogP contribution in [0.5, 0.6) is 11.6 Å². The van der Waals surface area contributed by atoms with Gasteiger partial charge in [0.1, 0.15) is 5.15 Å². The Labute approximate surface area is 117 Å². The molecule has 1 aromatic heterocycles. The van der Waals surface area contributed by atoms with E-state index in [1.165, 1.54) is 18.2 Å². The molecule has 2 rings (SSSR count). The maximum absolute atomic E-state index is 13.6. The zero-order valence-corrected chi connectivity index (χ0v) is 10.7. The lowest BCUT2D eigenvalue weighted by Gasteiger charge is -2.07. The average Bonchev–Trinajstić information content (AvgIpc) is 2.34. The third-order valence-corrected chi connectivity index (χ3v) is 2.63. The number of rotatable bonds is 3. The fourth-order valence-corrected chi connectivity index (χ4v) is 1.69. The molecule has 7 heteroatoms. The number of carboxylic acids is 1. The van der Waals surface area contributed by atoms with Crippen molar-refractivity contribution in [2.24, 2.45) is 0 Å². The predicted octanol–water partition coefficient (Wildman–Crippen LogP) is 4.02. The SMILES string of the molecule is O=C(O)c1cc(Cl)nc(Oc2cccc(Cl)c2F)c1. The molecule has 19 heavy (non-hydrogen) atoms. The van der Waals surface area contributed by atoms with Crippen molar-refractivity contribution in [3.05, 3.63) is 51.9 Å². The van der Waals surface area contributed by atoms with E-state index >= 15 is 0 Å². The van der Waals surface area contributed by atoms with Gasteiger partial charge in [0.25, 0.3) is 0 Å². The van der Waals surface area contributed by atoms with Crippen molar-refractivity contribution in [2.75, 3.05) is 0 Å². The lowest BCUT2D eigenvalue weighted by atomic mass is 10.3. The molecule has 0 fully saturated rings. The summed E-state index contributed by atoms with van der Waals surface area (Å²) in [6, 6.07) is 6.48. The number of benzene rings is 1. The first-order valence-electron chi connectivity index (χ1n) is 5.00. The first kappa shape index (κ1) is 13.6. The molecule has 0 aliphatic carbocycles. The van der Waals surface area contributed by atoms with Gasteiger partial charge in [0.2, 0.25) is 5.88 Å². The van der Waals surface area contributed by atoms with Gasteiger partial charge < -0.3 is 9.84 Å². The maximum atomic E-state index is 13.6. The van der Waals surface area contributed by atoms with E-state index < -0.39 is 11.8 Å². The van der Waals surface area contributed by atoms with Crippen molar-refractivity contribution < 1.29 is 19.0 Å². The van der Waals surface area contributed by atoms with Crippen LogP contribution in [0.3, 0.4) is 0 Å². The average molecular weight is 302 g/mol. The summed E-state index contributed by atoms with van der Waals surface area (Å²) >= 11 is 11.3. The van der Waals surface area contributed by atoms with E-state index in [-0.39, 0.29) is 27.4 Å². The van der Waals surface area contributed by atoms with Crippen molar-refractivity contribution in [3.63, 3.8) is 0 Å². The molecule has 98 valence electrons. The molecule has 0 bridgehead atoms. The number of ether oxygens (including phenoxy) is 1.